The molecule has 0 aromatic carbocycles. The molecule has 0 saturated carbocycles. The Hall–Kier alpha value is -1.43. The monoisotopic (exact) mass is 260 g/mol. The van der Waals surface area contributed by atoms with E-state index in [9.17, 15) is 8.78 Å². The highest BCUT2D eigenvalue weighted by Crippen LogP contribution is 2.20. The van der Waals surface area contributed by atoms with E-state index in [1.54, 1.807) is 0 Å². The molecule has 0 aliphatic heterocycles. The van der Waals surface area contributed by atoms with Crippen LogP contribution in [-0.4, -0.2) is 30.8 Å². The maximum atomic E-state index is 13.3. The first-order valence-corrected chi connectivity index (χ1v) is 5.64. The van der Waals surface area contributed by atoms with Gasteiger partial charge in [-0.15, -0.1) is 0 Å². The molecule has 0 fully saturated rings. The molecule has 1 heterocycles. The lowest BCUT2D eigenvalue weighted by Gasteiger charge is -2.19. The maximum absolute atomic E-state index is 13.3. The zero-order valence-corrected chi connectivity index (χ0v) is 11.0. The maximum Gasteiger partial charge on any atom is 0.252 e. The molecule has 1 N–H and O–H groups in total. The van der Waals surface area contributed by atoms with Crippen molar-refractivity contribution in [3.8, 4) is 5.88 Å². The van der Waals surface area contributed by atoms with Crippen molar-refractivity contribution in [2.45, 2.75) is 26.4 Å². The number of anilines is 1. The van der Waals surface area contributed by atoms with Crippen LogP contribution in [0.4, 0.5) is 14.6 Å². The zero-order valence-electron chi connectivity index (χ0n) is 11.0. The molecule has 0 aliphatic rings. The van der Waals surface area contributed by atoms with Crippen LogP contribution in [0.1, 0.15) is 20.8 Å². The zero-order chi connectivity index (χ0) is 13.8. The first-order valence-electron chi connectivity index (χ1n) is 5.64. The molecule has 6 heteroatoms. The molecule has 4 nitrogen and oxygen atoms in total. The minimum atomic E-state index is -0.831. The van der Waals surface area contributed by atoms with Gasteiger partial charge in [0.1, 0.15) is 6.61 Å². The normalized spacial score (nSPS) is 11.4. The van der Waals surface area contributed by atoms with Crippen LogP contribution in [-0.2, 0) is 4.74 Å². The number of ether oxygens (including phenoxy) is 2. The van der Waals surface area contributed by atoms with Crippen molar-refractivity contribution in [3.05, 3.63) is 17.7 Å². The van der Waals surface area contributed by atoms with Gasteiger partial charge in [-0.25, -0.2) is 8.78 Å². The first-order chi connectivity index (χ1) is 8.33. The van der Waals surface area contributed by atoms with Crippen LogP contribution in [0.25, 0.3) is 0 Å². The van der Waals surface area contributed by atoms with Crippen molar-refractivity contribution in [2.75, 3.05) is 25.6 Å². The third kappa shape index (κ3) is 4.44. The average Bonchev–Trinajstić information content (AvgIpc) is 2.25. The lowest BCUT2D eigenvalue weighted by Crippen LogP contribution is -2.22. The summed E-state index contributed by atoms with van der Waals surface area (Å²) in [5.74, 6) is -1.88. The molecule has 0 atom stereocenters. The summed E-state index contributed by atoms with van der Waals surface area (Å²) in [6, 6.07) is 0.735. The van der Waals surface area contributed by atoms with E-state index in [1.807, 2.05) is 20.8 Å². The Balaban J connectivity index is 2.57. The second-order valence-electron chi connectivity index (χ2n) is 4.67. The van der Waals surface area contributed by atoms with Crippen molar-refractivity contribution in [3.63, 3.8) is 0 Å². The summed E-state index contributed by atoms with van der Waals surface area (Å²) in [5, 5.41) is 2.51. The molecule has 0 amide bonds. The summed E-state index contributed by atoms with van der Waals surface area (Å²) < 4.78 is 37.0. The summed E-state index contributed by atoms with van der Waals surface area (Å²) in [5.41, 5.74) is -0.283. The fourth-order valence-electron chi connectivity index (χ4n) is 1.21. The van der Waals surface area contributed by atoms with E-state index in [2.05, 4.69) is 10.3 Å². The number of hydrogen-bond donors (Lipinski definition) is 1. The Labute approximate surface area is 105 Å². The fraction of sp³-hybridized carbons (Fsp3) is 0.583. The van der Waals surface area contributed by atoms with Crippen LogP contribution in [0.2, 0.25) is 0 Å². The molecule has 18 heavy (non-hydrogen) atoms. The van der Waals surface area contributed by atoms with Gasteiger partial charge in [0, 0.05) is 13.1 Å². The lowest BCUT2D eigenvalue weighted by molar-refractivity contribution is -0.0172. The van der Waals surface area contributed by atoms with Crippen LogP contribution >= 0.6 is 0 Å². The molecular formula is C12H18F2N2O2. The second kappa shape index (κ2) is 5.95. The van der Waals surface area contributed by atoms with Gasteiger partial charge in [0.2, 0.25) is 0 Å². The highest BCUT2D eigenvalue weighted by atomic mass is 19.1. The molecule has 1 aromatic rings. The summed E-state index contributed by atoms with van der Waals surface area (Å²) in [6.07, 6.45) is 0. The Kier molecular flexibility index (Phi) is 4.84. The smallest absolute Gasteiger partial charge is 0.252 e. The van der Waals surface area contributed by atoms with Gasteiger partial charge in [-0.1, -0.05) is 0 Å². The molecule has 0 aliphatic carbocycles. The van der Waals surface area contributed by atoms with E-state index in [4.69, 9.17) is 9.47 Å². The number of hydrogen-bond acceptors (Lipinski definition) is 4. The summed E-state index contributed by atoms with van der Waals surface area (Å²) in [6.45, 7) is 6.17. The van der Waals surface area contributed by atoms with Gasteiger partial charge in [-0.3, -0.25) is 0 Å². The van der Waals surface area contributed by atoms with Crippen molar-refractivity contribution in [1.29, 1.82) is 0 Å². The van der Waals surface area contributed by atoms with Crippen LogP contribution in [0.3, 0.4) is 0 Å². The number of halogens is 2. The van der Waals surface area contributed by atoms with Gasteiger partial charge >= 0.3 is 0 Å². The summed E-state index contributed by atoms with van der Waals surface area (Å²) >= 11 is 0. The largest absolute Gasteiger partial charge is 0.473 e. The van der Waals surface area contributed by atoms with Crippen LogP contribution < -0.4 is 10.1 Å². The third-order valence-corrected chi connectivity index (χ3v) is 1.99. The predicted molar refractivity (Wildman–Crippen MR) is 64.9 cm³/mol. The molecule has 0 unspecified atom stereocenters. The molecular weight excluding hydrogens is 242 g/mol. The standard InChI is InChI=1S/C12H18F2N2O2/c1-12(2,3)18-6-5-17-11-9(14)7-8(13)10(15-4)16-11/h7H,5-6H2,1-4H3,(H,15,16). The SMILES string of the molecule is CNc1nc(OCCOC(C)(C)C)c(F)cc1F. The van der Waals surface area contributed by atoms with Crippen molar-refractivity contribution >= 4 is 5.82 Å². The van der Waals surface area contributed by atoms with Crippen LogP contribution in [0, 0.1) is 11.6 Å². The Morgan fingerprint density at radius 2 is 1.89 bits per heavy atom. The number of rotatable bonds is 5. The van der Waals surface area contributed by atoms with E-state index in [0.29, 0.717) is 6.61 Å². The Morgan fingerprint density at radius 3 is 2.44 bits per heavy atom. The Morgan fingerprint density at radius 1 is 1.22 bits per heavy atom. The van der Waals surface area contributed by atoms with E-state index >= 15 is 0 Å². The van der Waals surface area contributed by atoms with Gasteiger partial charge in [-0.2, -0.15) is 4.98 Å². The highest BCUT2D eigenvalue weighted by molar-refractivity contribution is 5.38. The molecule has 0 saturated heterocycles. The Bertz CT molecular complexity index is 406. The fourth-order valence-corrected chi connectivity index (χ4v) is 1.21. The number of nitrogens with one attached hydrogen (secondary N) is 1. The molecule has 0 bridgehead atoms. The quantitative estimate of drug-likeness (QED) is 0.826. The van der Waals surface area contributed by atoms with E-state index < -0.39 is 11.6 Å². The van der Waals surface area contributed by atoms with Gasteiger partial charge in [0.15, 0.2) is 17.5 Å². The van der Waals surface area contributed by atoms with Crippen molar-refractivity contribution in [2.24, 2.45) is 0 Å². The first kappa shape index (κ1) is 14.6. The van der Waals surface area contributed by atoms with E-state index in [0.717, 1.165) is 6.07 Å². The molecule has 1 rings (SSSR count). The van der Waals surface area contributed by atoms with Crippen molar-refractivity contribution < 1.29 is 18.3 Å². The predicted octanol–water partition coefficient (Wildman–Crippen LogP) is 2.60. The molecule has 1 aromatic heterocycles. The minimum Gasteiger partial charge on any atom is -0.473 e. The molecule has 102 valence electrons. The van der Waals surface area contributed by atoms with Crippen molar-refractivity contribution in [1.82, 2.24) is 4.98 Å². The minimum absolute atomic E-state index is 0.0526. The van der Waals surface area contributed by atoms with Gasteiger partial charge in [0.05, 0.1) is 12.2 Å². The average molecular weight is 260 g/mol. The third-order valence-electron chi connectivity index (χ3n) is 1.99. The number of aromatic nitrogens is 1. The number of pyridine rings is 1. The second-order valence-corrected chi connectivity index (χ2v) is 4.67. The van der Waals surface area contributed by atoms with Gasteiger partial charge < -0.3 is 14.8 Å². The van der Waals surface area contributed by atoms with E-state index in [1.165, 1.54) is 7.05 Å². The van der Waals surface area contributed by atoms with Crippen LogP contribution in [0.5, 0.6) is 5.88 Å². The molecule has 0 radical (unpaired) electrons. The van der Waals surface area contributed by atoms with Crippen LogP contribution in [0.15, 0.2) is 6.07 Å². The summed E-state index contributed by atoms with van der Waals surface area (Å²) in [4.78, 5) is 3.69. The summed E-state index contributed by atoms with van der Waals surface area (Å²) in [7, 11) is 1.50. The molecule has 0 spiro atoms. The topological polar surface area (TPSA) is 43.4 Å². The number of nitrogens with zero attached hydrogens (tertiary/aromatic N) is 1. The highest BCUT2D eigenvalue weighted by Gasteiger charge is 2.13. The van der Waals surface area contributed by atoms with Gasteiger partial charge in [-0.05, 0) is 20.8 Å². The van der Waals surface area contributed by atoms with Gasteiger partial charge in [0.25, 0.3) is 5.88 Å². The lowest BCUT2D eigenvalue weighted by atomic mass is 10.2. The van der Waals surface area contributed by atoms with E-state index in [-0.39, 0.29) is 23.9 Å².